The van der Waals surface area contributed by atoms with Crippen LogP contribution in [0.3, 0.4) is 0 Å². The minimum atomic E-state index is -5.76. The molecule has 1 saturated heterocycles. The number of rotatable bonds is 4. The van der Waals surface area contributed by atoms with Gasteiger partial charge in [0.15, 0.2) is 0 Å². The normalized spacial score (nSPS) is 19.3. The van der Waals surface area contributed by atoms with Gasteiger partial charge in [-0.15, -0.1) is 0 Å². The van der Waals surface area contributed by atoms with Gasteiger partial charge in [-0.3, -0.25) is 15.1 Å². The molecule has 0 aliphatic carbocycles. The predicted octanol–water partition coefficient (Wildman–Crippen LogP) is 4.26. The summed E-state index contributed by atoms with van der Waals surface area (Å²) in [5, 5.41) is 0. The first kappa shape index (κ1) is 21.4. The number of amides is 1. The number of likely N-dealkylation sites (tertiary alicyclic amines) is 1. The molecular formula is C19H21F5N2O3. The van der Waals surface area contributed by atoms with Crippen molar-refractivity contribution in [3.63, 3.8) is 0 Å². The van der Waals surface area contributed by atoms with Crippen LogP contribution in [0, 0.1) is 6.92 Å². The van der Waals surface area contributed by atoms with Crippen LogP contribution >= 0.6 is 0 Å². The second kappa shape index (κ2) is 6.86. The number of carbonyl (C=O) groups is 1. The molecule has 1 amide bonds. The number of hydrogen-bond acceptors (Lipinski definition) is 4. The van der Waals surface area contributed by atoms with E-state index in [0.717, 1.165) is 12.1 Å². The molecule has 10 heteroatoms. The van der Waals surface area contributed by atoms with Gasteiger partial charge in [0, 0.05) is 24.1 Å². The van der Waals surface area contributed by atoms with Gasteiger partial charge in [0.1, 0.15) is 17.0 Å². The Kier molecular flexibility index (Phi) is 5.05. The lowest BCUT2D eigenvalue weighted by Crippen LogP contribution is -2.44. The standard InChI is InChI=1S/C19H21F5N2O3/c1-10-11(18(20,21)19(22,23)24)7-8-12-14(10)15(26-9-5-6-13(26)27)16(25-28-4)17(2,3)29-12/h7-8,25H,5-6,9H2,1-4H3. The smallest absolute Gasteiger partial charge is 0.458 e. The van der Waals surface area contributed by atoms with Crippen LogP contribution in [0.1, 0.15) is 43.4 Å². The first-order valence-corrected chi connectivity index (χ1v) is 8.95. The summed E-state index contributed by atoms with van der Waals surface area (Å²) >= 11 is 0. The molecule has 0 spiro atoms. The van der Waals surface area contributed by atoms with E-state index in [1.807, 2.05) is 0 Å². The minimum Gasteiger partial charge on any atom is -0.481 e. The number of nitrogens with one attached hydrogen (secondary N) is 1. The molecular weight excluding hydrogens is 399 g/mol. The second-order valence-corrected chi connectivity index (χ2v) is 7.47. The highest BCUT2D eigenvalue weighted by atomic mass is 19.4. The van der Waals surface area contributed by atoms with Gasteiger partial charge >= 0.3 is 12.1 Å². The van der Waals surface area contributed by atoms with Crippen LogP contribution < -0.4 is 10.2 Å². The third kappa shape index (κ3) is 3.33. The van der Waals surface area contributed by atoms with Gasteiger partial charge in [0.25, 0.3) is 0 Å². The zero-order valence-electron chi connectivity index (χ0n) is 16.3. The van der Waals surface area contributed by atoms with Gasteiger partial charge in [0.05, 0.1) is 12.8 Å². The number of nitrogens with zero attached hydrogens (tertiary/aromatic N) is 1. The highest BCUT2D eigenvalue weighted by Crippen LogP contribution is 2.50. The highest BCUT2D eigenvalue weighted by Gasteiger charge is 2.59. The SMILES string of the molecule is CONC1=C(N2CCCC2=O)c2c(ccc(C(F)(F)C(F)(F)F)c2C)OC1(C)C. The topological polar surface area (TPSA) is 50.8 Å². The summed E-state index contributed by atoms with van der Waals surface area (Å²) in [6.45, 7) is 4.81. The van der Waals surface area contributed by atoms with Gasteiger partial charge in [-0.2, -0.15) is 22.0 Å². The average molecular weight is 420 g/mol. The molecule has 0 radical (unpaired) electrons. The molecule has 29 heavy (non-hydrogen) atoms. The van der Waals surface area contributed by atoms with Gasteiger partial charge in [-0.05, 0) is 44.9 Å². The van der Waals surface area contributed by atoms with Crippen molar-refractivity contribution in [2.24, 2.45) is 0 Å². The van der Waals surface area contributed by atoms with Crippen molar-refractivity contribution >= 4 is 11.6 Å². The zero-order chi connectivity index (χ0) is 21.8. The maximum atomic E-state index is 14.2. The zero-order valence-corrected chi connectivity index (χ0v) is 16.3. The largest absolute Gasteiger partial charge is 0.481 e. The van der Waals surface area contributed by atoms with Crippen LogP contribution in [-0.4, -0.2) is 36.2 Å². The van der Waals surface area contributed by atoms with Crippen molar-refractivity contribution < 1.29 is 36.3 Å². The Morgan fingerprint density at radius 1 is 1.21 bits per heavy atom. The number of hydrogen-bond donors (Lipinski definition) is 1. The Labute approximate surface area is 164 Å². The van der Waals surface area contributed by atoms with Crippen molar-refractivity contribution in [2.45, 2.75) is 51.3 Å². The summed E-state index contributed by atoms with van der Waals surface area (Å²) in [6, 6.07) is 1.80. The van der Waals surface area contributed by atoms with Crippen LogP contribution in [0.15, 0.2) is 17.8 Å². The summed E-state index contributed by atoms with van der Waals surface area (Å²) in [4.78, 5) is 18.8. The first-order chi connectivity index (χ1) is 13.3. The fraction of sp³-hybridized carbons (Fsp3) is 0.526. The summed E-state index contributed by atoms with van der Waals surface area (Å²) < 4.78 is 73.3. The Hall–Kier alpha value is -2.36. The van der Waals surface area contributed by atoms with Crippen LogP contribution in [0.4, 0.5) is 22.0 Å². The number of halogens is 5. The fourth-order valence-corrected chi connectivity index (χ4v) is 3.72. The first-order valence-electron chi connectivity index (χ1n) is 8.95. The van der Waals surface area contributed by atoms with Crippen molar-refractivity contribution in [2.75, 3.05) is 13.7 Å². The monoisotopic (exact) mass is 420 g/mol. The van der Waals surface area contributed by atoms with Crippen LogP contribution in [-0.2, 0) is 15.6 Å². The number of fused-ring (bicyclic) bond motifs is 1. The van der Waals surface area contributed by atoms with Crippen molar-refractivity contribution in [3.05, 3.63) is 34.5 Å². The summed E-state index contributed by atoms with van der Waals surface area (Å²) in [6.07, 6.45) is -4.98. The molecule has 2 aliphatic rings. The van der Waals surface area contributed by atoms with E-state index in [-0.39, 0.29) is 40.6 Å². The number of ether oxygens (including phenoxy) is 1. The molecule has 1 N–H and O–H groups in total. The van der Waals surface area contributed by atoms with E-state index in [4.69, 9.17) is 9.57 Å². The van der Waals surface area contributed by atoms with Gasteiger partial charge < -0.3 is 9.64 Å². The van der Waals surface area contributed by atoms with Crippen LogP contribution in [0.5, 0.6) is 5.75 Å². The van der Waals surface area contributed by atoms with E-state index in [1.54, 1.807) is 13.8 Å². The average Bonchev–Trinajstić information content (AvgIpc) is 3.00. The Morgan fingerprint density at radius 2 is 1.86 bits per heavy atom. The lowest BCUT2D eigenvalue weighted by Gasteiger charge is -2.40. The van der Waals surface area contributed by atoms with Gasteiger partial charge in [-0.1, -0.05) is 0 Å². The van der Waals surface area contributed by atoms with Crippen molar-refractivity contribution in [1.29, 1.82) is 0 Å². The van der Waals surface area contributed by atoms with Crippen molar-refractivity contribution in [3.8, 4) is 5.75 Å². The predicted molar refractivity (Wildman–Crippen MR) is 93.8 cm³/mol. The molecule has 160 valence electrons. The minimum absolute atomic E-state index is 0.0144. The van der Waals surface area contributed by atoms with E-state index in [1.165, 1.54) is 18.9 Å². The van der Waals surface area contributed by atoms with Crippen LogP contribution in [0.2, 0.25) is 0 Å². The molecule has 0 unspecified atom stereocenters. The van der Waals surface area contributed by atoms with E-state index >= 15 is 0 Å². The molecule has 2 aliphatic heterocycles. The molecule has 5 nitrogen and oxygen atoms in total. The summed E-state index contributed by atoms with van der Waals surface area (Å²) in [7, 11) is 1.32. The van der Waals surface area contributed by atoms with Gasteiger partial charge in [0.2, 0.25) is 5.91 Å². The molecule has 0 saturated carbocycles. The summed E-state index contributed by atoms with van der Waals surface area (Å²) in [5.74, 6) is -5.20. The molecule has 2 heterocycles. The third-order valence-corrected chi connectivity index (χ3v) is 5.11. The molecule has 0 bridgehead atoms. The molecule has 1 aromatic rings. The number of benzene rings is 1. The Balaban J connectivity index is 2.33. The van der Waals surface area contributed by atoms with Crippen molar-refractivity contribution in [1.82, 2.24) is 10.4 Å². The highest BCUT2D eigenvalue weighted by molar-refractivity contribution is 5.92. The Morgan fingerprint density at radius 3 is 2.38 bits per heavy atom. The van der Waals surface area contributed by atoms with E-state index in [2.05, 4.69) is 5.48 Å². The lowest BCUT2D eigenvalue weighted by atomic mass is 9.88. The second-order valence-electron chi connectivity index (χ2n) is 7.47. The summed E-state index contributed by atoms with van der Waals surface area (Å²) in [5.41, 5.74) is 0.544. The maximum Gasteiger partial charge on any atom is 0.458 e. The van der Waals surface area contributed by atoms with Gasteiger partial charge in [-0.25, -0.2) is 0 Å². The fourth-order valence-electron chi connectivity index (χ4n) is 3.72. The molecule has 3 rings (SSSR count). The third-order valence-electron chi connectivity index (χ3n) is 5.11. The molecule has 0 atom stereocenters. The quantitative estimate of drug-likeness (QED) is 0.584. The van der Waals surface area contributed by atoms with Crippen LogP contribution in [0.25, 0.3) is 5.70 Å². The van der Waals surface area contributed by atoms with E-state index in [9.17, 15) is 26.7 Å². The number of hydroxylamine groups is 1. The Bertz CT molecular complexity index is 877. The molecule has 0 aromatic heterocycles. The molecule has 1 aromatic carbocycles. The molecule has 1 fully saturated rings. The van der Waals surface area contributed by atoms with E-state index in [0.29, 0.717) is 13.0 Å². The maximum absolute atomic E-state index is 14.2. The number of alkyl halides is 5. The lowest BCUT2D eigenvalue weighted by molar-refractivity contribution is -0.289. The van der Waals surface area contributed by atoms with E-state index < -0.39 is 23.3 Å². The number of carbonyl (C=O) groups excluding carboxylic acids is 1.